The second-order valence-corrected chi connectivity index (χ2v) is 7.24. The zero-order valence-electron chi connectivity index (χ0n) is 14.7. The zero-order valence-corrected chi connectivity index (χ0v) is 14.7. The number of para-hydroxylation sites is 1. The van der Waals surface area contributed by atoms with Crippen molar-refractivity contribution in [1.29, 1.82) is 0 Å². The lowest BCUT2D eigenvalue weighted by atomic mass is 9.95. The predicted molar refractivity (Wildman–Crippen MR) is 100 cm³/mol. The molecule has 0 bridgehead atoms. The van der Waals surface area contributed by atoms with Gasteiger partial charge >= 0.3 is 0 Å². The number of aromatic nitrogens is 1. The van der Waals surface area contributed by atoms with Gasteiger partial charge in [0.1, 0.15) is 11.5 Å². The van der Waals surface area contributed by atoms with E-state index >= 15 is 0 Å². The number of nitrogens with one attached hydrogen (secondary N) is 1. The van der Waals surface area contributed by atoms with E-state index in [1.807, 2.05) is 18.2 Å². The van der Waals surface area contributed by atoms with Gasteiger partial charge in [-0.15, -0.1) is 0 Å². The Labute approximate surface area is 149 Å². The van der Waals surface area contributed by atoms with Crippen LogP contribution in [-0.4, -0.2) is 23.0 Å². The summed E-state index contributed by atoms with van der Waals surface area (Å²) >= 11 is 0. The number of amides is 1. The first-order chi connectivity index (χ1) is 12.2. The molecule has 1 unspecified atom stereocenters. The Kier molecular flexibility index (Phi) is 4.43. The van der Waals surface area contributed by atoms with E-state index < -0.39 is 0 Å². The third kappa shape index (κ3) is 3.26. The number of hydrogen-bond acceptors (Lipinski definition) is 3. The molecule has 1 amide bonds. The summed E-state index contributed by atoms with van der Waals surface area (Å²) in [7, 11) is 0. The maximum Gasteiger partial charge on any atom is 0.270 e. The fourth-order valence-corrected chi connectivity index (χ4v) is 4.10. The molecule has 1 aromatic heterocycles. The van der Waals surface area contributed by atoms with Crippen molar-refractivity contribution in [3.05, 3.63) is 53.7 Å². The Bertz CT molecular complexity index is 767. The van der Waals surface area contributed by atoms with Crippen LogP contribution in [0.1, 0.15) is 55.1 Å². The highest BCUT2D eigenvalue weighted by atomic mass is 16.1. The van der Waals surface area contributed by atoms with E-state index in [4.69, 9.17) is 0 Å². The monoisotopic (exact) mass is 335 g/mol. The van der Waals surface area contributed by atoms with E-state index in [9.17, 15) is 4.79 Å². The third-order valence-corrected chi connectivity index (χ3v) is 5.36. The number of carbonyl (C=O) groups is 1. The van der Waals surface area contributed by atoms with Gasteiger partial charge in [-0.3, -0.25) is 4.79 Å². The van der Waals surface area contributed by atoms with Gasteiger partial charge in [0.25, 0.3) is 5.91 Å². The summed E-state index contributed by atoms with van der Waals surface area (Å²) in [6.45, 7) is 2.20. The van der Waals surface area contributed by atoms with Crippen LogP contribution in [0.25, 0.3) is 0 Å². The Morgan fingerprint density at radius 1 is 1.08 bits per heavy atom. The first kappa shape index (κ1) is 16.1. The van der Waals surface area contributed by atoms with Gasteiger partial charge in [-0.2, -0.15) is 0 Å². The molecule has 2 aromatic rings. The van der Waals surface area contributed by atoms with E-state index in [0.717, 1.165) is 25.1 Å². The molecule has 1 N–H and O–H groups in total. The Hall–Kier alpha value is -2.36. The average Bonchev–Trinajstić information content (AvgIpc) is 2.98. The molecule has 1 aliphatic carbocycles. The molecule has 1 saturated carbocycles. The van der Waals surface area contributed by atoms with Crippen LogP contribution in [0.3, 0.4) is 0 Å². The van der Waals surface area contributed by atoms with Crippen LogP contribution in [0.2, 0.25) is 0 Å². The molecule has 2 aliphatic rings. The predicted octanol–water partition coefficient (Wildman–Crippen LogP) is 4.23. The van der Waals surface area contributed by atoms with Gasteiger partial charge in [0.15, 0.2) is 0 Å². The van der Waals surface area contributed by atoms with Crippen LogP contribution >= 0.6 is 0 Å². The van der Waals surface area contributed by atoms with Gasteiger partial charge in [0.2, 0.25) is 0 Å². The van der Waals surface area contributed by atoms with Crippen molar-refractivity contribution in [2.45, 2.75) is 57.5 Å². The normalized spacial score (nSPS) is 20.4. The first-order valence-corrected chi connectivity index (χ1v) is 9.37. The number of carbonyl (C=O) groups excluding carboxylic acids is 1. The second kappa shape index (κ2) is 6.87. The molecule has 4 heteroatoms. The number of benzene rings is 1. The maximum absolute atomic E-state index is 12.6. The Morgan fingerprint density at radius 2 is 1.88 bits per heavy atom. The third-order valence-electron chi connectivity index (χ3n) is 5.36. The molecule has 1 aliphatic heterocycles. The van der Waals surface area contributed by atoms with Gasteiger partial charge in [-0.25, -0.2) is 4.98 Å². The van der Waals surface area contributed by atoms with Gasteiger partial charge < -0.3 is 10.2 Å². The number of nitrogens with zero attached hydrogens (tertiary/aromatic N) is 2. The van der Waals surface area contributed by atoms with E-state index in [1.54, 1.807) is 0 Å². The smallest absolute Gasteiger partial charge is 0.270 e. The van der Waals surface area contributed by atoms with Crippen molar-refractivity contribution in [2.24, 2.45) is 0 Å². The molecular weight excluding hydrogens is 310 g/mol. The molecule has 0 spiro atoms. The summed E-state index contributed by atoms with van der Waals surface area (Å²) in [5.41, 5.74) is 3.06. The van der Waals surface area contributed by atoms with Crippen LogP contribution in [0.5, 0.6) is 0 Å². The maximum atomic E-state index is 12.6. The molecule has 0 radical (unpaired) electrons. The van der Waals surface area contributed by atoms with Crippen molar-refractivity contribution in [2.75, 3.05) is 4.90 Å². The van der Waals surface area contributed by atoms with Crippen LogP contribution in [-0.2, 0) is 6.42 Å². The van der Waals surface area contributed by atoms with Crippen LogP contribution in [0, 0.1) is 0 Å². The summed E-state index contributed by atoms with van der Waals surface area (Å²) in [6, 6.07) is 14.8. The van der Waals surface area contributed by atoms with Crippen molar-refractivity contribution in [3.8, 4) is 0 Å². The van der Waals surface area contributed by atoms with Gasteiger partial charge in [-0.05, 0) is 49.9 Å². The van der Waals surface area contributed by atoms with Crippen molar-refractivity contribution < 1.29 is 4.79 Å². The van der Waals surface area contributed by atoms with Crippen LogP contribution in [0.15, 0.2) is 42.5 Å². The number of pyridine rings is 1. The highest BCUT2D eigenvalue weighted by Gasteiger charge is 2.28. The quantitative estimate of drug-likeness (QED) is 0.913. The molecule has 1 atom stereocenters. The van der Waals surface area contributed by atoms with Gasteiger partial charge in [-0.1, -0.05) is 43.5 Å². The minimum absolute atomic E-state index is 0.0473. The topological polar surface area (TPSA) is 45.2 Å². The van der Waals surface area contributed by atoms with Crippen molar-refractivity contribution in [3.63, 3.8) is 0 Å². The van der Waals surface area contributed by atoms with Crippen LogP contribution < -0.4 is 10.2 Å². The Balaban J connectivity index is 1.56. The van der Waals surface area contributed by atoms with Crippen LogP contribution in [0.4, 0.5) is 11.5 Å². The first-order valence-electron chi connectivity index (χ1n) is 9.37. The fraction of sp³-hybridized carbons (Fsp3) is 0.429. The summed E-state index contributed by atoms with van der Waals surface area (Å²) < 4.78 is 0. The van der Waals surface area contributed by atoms with Crippen molar-refractivity contribution >= 4 is 17.4 Å². The summed E-state index contributed by atoms with van der Waals surface area (Å²) in [6.07, 6.45) is 6.88. The molecule has 4 rings (SSSR count). The van der Waals surface area contributed by atoms with Gasteiger partial charge in [0.05, 0.1) is 0 Å². The summed E-state index contributed by atoms with van der Waals surface area (Å²) in [5.74, 6) is 0.808. The van der Waals surface area contributed by atoms with E-state index in [1.165, 1.54) is 30.5 Å². The van der Waals surface area contributed by atoms with E-state index in [2.05, 4.69) is 46.4 Å². The standard InChI is InChI=1S/C21H25N3O/c1-15-14-16-8-5-6-12-19(16)24(15)20-13-7-11-18(23-20)21(25)22-17-9-3-2-4-10-17/h5-8,11-13,15,17H,2-4,9-10,14H2,1H3,(H,22,25). The molecule has 2 heterocycles. The molecule has 130 valence electrons. The molecule has 0 saturated heterocycles. The highest BCUT2D eigenvalue weighted by Crippen LogP contribution is 2.37. The highest BCUT2D eigenvalue weighted by molar-refractivity contribution is 5.93. The lowest BCUT2D eigenvalue weighted by Gasteiger charge is -2.25. The van der Waals surface area contributed by atoms with E-state index in [-0.39, 0.29) is 5.91 Å². The molecule has 4 nitrogen and oxygen atoms in total. The Morgan fingerprint density at radius 3 is 2.72 bits per heavy atom. The number of hydrogen-bond donors (Lipinski definition) is 1. The second-order valence-electron chi connectivity index (χ2n) is 7.24. The molecular formula is C21H25N3O. The van der Waals surface area contributed by atoms with Crippen molar-refractivity contribution in [1.82, 2.24) is 10.3 Å². The molecule has 25 heavy (non-hydrogen) atoms. The lowest BCUT2D eigenvalue weighted by molar-refractivity contribution is 0.0922. The minimum Gasteiger partial charge on any atom is -0.348 e. The number of rotatable bonds is 3. The minimum atomic E-state index is -0.0473. The summed E-state index contributed by atoms with van der Waals surface area (Å²) in [4.78, 5) is 19.5. The lowest BCUT2D eigenvalue weighted by Crippen LogP contribution is -2.36. The fourth-order valence-electron chi connectivity index (χ4n) is 4.10. The average molecular weight is 335 g/mol. The zero-order chi connectivity index (χ0) is 17.2. The number of fused-ring (bicyclic) bond motifs is 1. The van der Waals surface area contributed by atoms with E-state index in [0.29, 0.717) is 17.8 Å². The summed E-state index contributed by atoms with van der Waals surface area (Å²) in [5, 5.41) is 3.16. The SMILES string of the molecule is CC1Cc2ccccc2N1c1cccc(C(=O)NC2CCCCC2)n1. The van der Waals surface area contributed by atoms with Gasteiger partial charge in [0, 0.05) is 17.8 Å². The molecule has 1 fully saturated rings. The largest absolute Gasteiger partial charge is 0.348 e. The molecule has 1 aromatic carbocycles. The number of anilines is 2.